The second-order valence-corrected chi connectivity index (χ2v) is 9.29. The van der Waals surface area contributed by atoms with Crippen molar-refractivity contribution in [3.63, 3.8) is 0 Å². The monoisotopic (exact) mass is 422 g/mol. The number of aromatic nitrogens is 2. The first-order valence-corrected chi connectivity index (χ1v) is 11.6. The Morgan fingerprint density at radius 2 is 2.03 bits per heavy atom. The molecule has 3 aromatic rings. The number of benzene rings is 1. The normalized spacial score (nSPS) is 18.7. The van der Waals surface area contributed by atoms with E-state index in [0.29, 0.717) is 24.5 Å². The minimum Gasteiger partial charge on any atom is -0.365 e. The molecule has 7 heteroatoms. The second kappa shape index (κ2) is 7.54. The van der Waals surface area contributed by atoms with Crippen LogP contribution in [-0.4, -0.2) is 39.6 Å². The van der Waals surface area contributed by atoms with E-state index in [9.17, 15) is 9.59 Å². The standard InChI is InChI=1S/C23H26N4O2S/c1-2-27-20(15-7-3-5-9-17(15)25-27)23(29)26-12-11-14(13-26)19-16-8-4-6-10-18(16)30-21(19)22(24)28/h4,6,8,10,14H,2-3,5,7,9,11-13H2,1H3,(H2,24,28). The number of fused-ring (bicyclic) bond motifs is 2. The van der Waals surface area contributed by atoms with Gasteiger partial charge < -0.3 is 10.6 Å². The van der Waals surface area contributed by atoms with Gasteiger partial charge in [0.1, 0.15) is 5.69 Å². The van der Waals surface area contributed by atoms with Gasteiger partial charge in [-0.15, -0.1) is 11.3 Å². The summed E-state index contributed by atoms with van der Waals surface area (Å²) in [4.78, 5) is 28.2. The molecule has 5 rings (SSSR count). The van der Waals surface area contributed by atoms with E-state index in [2.05, 4.69) is 6.07 Å². The summed E-state index contributed by atoms with van der Waals surface area (Å²) in [5.41, 5.74) is 9.75. The summed E-state index contributed by atoms with van der Waals surface area (Å²) >= 11 is 1.46. The fourth-order valence-electron chi connectivity index (χ4n) is 5.06. The molecule has 1 aliphatic heterocycles. The van der Waals surface area contributed by atoms with Crippen molar-refractivity contribution in [1.29, 1.82) is 0 Å². The predicted octanol–water partition coefficient (Wildman–Crippen LogP) is 3.73. The summed E-state index contributed by atoms with van der Waals surface area (Å²) in [5, 5.41) is 5.81. The number of hydrogen-bond acceptors (Lipinski definition) is 4. The van der Waals surface area contributed by atoms with Crippen molar-refractivity contribution in [3.8, 4) is 0 Å². The van der Waals surface area contributed by atoms with Crippen LogP contribution in [0.25, 0.3) is 10.1 Å². The molecule has 1 unspecified atom stereocenters. The summed E-state index contributed by atoms with van der Waals surface area (Å²) in [6, 6.07) is 8.06. The molecule has 0 radical (unpaired) electrons. The zero-order valence-electron chi connectivity index (χ0n) is 17.2. The highest BCUT2D eigenvalue weighted by Gasteiger charge is 2.35. The van der Waals surface area contributed by atoms with Crippen LogP contribution in [0, 0.1) is 0 Å². The van der Waals surface area contributed by atoms with Gasteiger partial charge in [-0.05, 0) is 56.0 Å². The Morgan fingerprint density at radius 3 is 2.83 bits per heavy atom. The van der Waals surface area contributed by atoms with Crippen LogP contribution >= 0.6 is 11.3 Å². The number of carbonyl (C=O) groups excluding carboxylic acids is 2. The number of carbonyl (C=O) groups is 2. The number of nitrogens with two attached hydrogens (primary N) is 1. The van der Waals surface area contributed by atoms with Gasteiger partial charge in [0.05, 0.1) is 10.6 Å². The lowest BCUT2D eigenvalue weighted by Gasteiger charge is -2.19. The largest absolute Gasteiger partial charge is 0.365 e. The highest BCUT2D eigenvalue weighted by atomic mass is 32.1. The number of primary amides is 1. The highest BCUT2D eigenvalue weighted by Crippen LogP contribution is 2.40. The van der Waals surface area contributed by atoms with Crippen molar-refractivity contribution >= 4 is 33.2 Å². The van der Waals surface area contributed by atoms with Gasteiger partial charge >= 0.3 is 0 Å². The summed E-state index contributed by atoms with van der Waals surface area (Å²) in [6.07, 6.45) is 5.01. The average Bonchev–Trinajstić information content (AvgIpc) is 3.47. The lowest BCUT2D eigenvalue weighted by Crippen LogP contribution is -2.31. The van der Waals surface area contributed by atoms with E-state index in [1.807, 2.05) is 34.7 Å². The Balaban J connectivity index is 1.47. The number of amides is 2. The molecule has 2 amide bonds. The van der Waals surface area contributed by atoms with Gasteiger partial charge in [0.15, 0.2) is 0 Å². The molecule has 1 aromatic carbocycles. The number of nitrogens with zero attached hydrogens (tertiary/aromatic N) is 3. The fourth-order valence-corrected chi connectivity index (χ4v) is 6.20. The van der Waals surface area contributed by atoms with Crippen molar-refractivity contribution in [2.45, 2.75) is 51.5 Å². The third-order valence-electron chi connectivity index (χ3n) is 6.47. The van der Waals surface area contributed by atoms with E-state index in [4.69, 9.17) is 10.8 Å². The molecule has 6 nitrogen and oxygen atoms in total. The number of thiophene rings is 1. The molecule has 0 spiro atoms. The van der Waals surface area contributed by atoms with E-state index < -0.39 is 0 Å². The minimum absolute atomic E-state index is 0.0789. The van der Waals surface area contributed by atoms with Gasteiger partial charge in [-0.1, -0.05) is 18.2 Å². The first kappa shape index (κ1) is 19.3. The summed E-state index contributed by atoms with van der Waals surface area (Å²) in [5.74, 6) is -0.175. The highest BCUT2D eigenvalue weighted by molar-refractivity contribution is 7.21. The molecule has 1 atom stereocenters. The van der Waals surface area contributed by atoms with Crippen molar-refractivity contribution in [3.05, 3.63) is 51.7 Å². The van der Waals surface area contributed by atoms with Crippen LogP contribution in [0.15, 0.2) is 24.3 Å². The molecule has 30 heavy (non-hydrogen) atoms. The molecule has 156 valence electrons. The van der Waals surface area contributed by atoms with E-state index in [1.54, 1.807) is 0 Å². The molecule has 1 saturated heterocycles. The Morgan fingerprint density at radius 1 is 1.23 bits per heavy atom. The molecule has 2 N–H and O–H groups in total. The van der Waals surface area contributed by atoms with E-state index in [-0.39, 0.29) is 17.7 Å². The third-order valence-corrected chi connectivity index (χ3v) is 7.67. The van der Waals surface area contributed by atoms with Crippen molar-refractivity contribution in [2.24, 2.45) is 5.73 Å². The third kappa shape index (κ3) is 3.03. The maximum Gasteiger partial charge on any atom is 0.272 e. The summed E-state index contributed by atoms with van der Waals surface area (Å²) in [6.45, 7) is 4.05. The van der Waals surface area contributed by atoms with Crippen LogP contribution in [-0.2, 0) is 19.4 Å². The molecule has 0 saturated carbocycles. The Kier molecular flexibility index (Phi) is 4.85. The molecule has 2 aliphatic rings. The van der Waals surface area contributed by atoms with Crippen LogP contribution in [0.5, 0.6) is 0 Å². The molecule has 2 aromatic heterocycles. The van der Waals surface area contributed by atoms with E-state index in [1.165, 1.54) is 11.3 Å². The lowest BCUT2D eigenvalue weighted by molar-refractivity contribution is 0.0777. The molecular weight excluding hydrogens is 396 g/mol. The first-order valence-electron chi connectivity index (χ1n) is 10.8. The maximum atomic E-state index is 13.5. The Labute approximate surface area is 179 Å². The first-order chi connectivity index (χ1) is 14.6. The van der Waals surface area contributed by atoms with E-state index >= 15 is 0 Å². The molecule has 0 bridgehead atoms. The topological polar surface area (TPSA) is 81.2 Å². The number of likely N-dealkylation sites (tertiary alicyclic amines) is 1. The molecule has 1 aliphatic carbocycles. The fraction of sp³-hybridized carbons (Fsp3) is 0.435. The Bertz CT molecular complexity index is 1150. The number of rotatable bonds is 4. The smallest absolute Gasteiger partial charge is 0.272 e. The lowest BCUT2D eigenvalue weighted by atomic mass is 9.94. The zero-order chi connectivity index (χ0) is 20.8. The molecule has 3 heterocycles. The van der Waals surface area contributed by atoms with Gasteiger partial charge in [-0.2, -0.15) is 5.10 Å². The van der Waals surface area contributed by atoms with Crippen LogP contribution in [0.4, 0.5) is 0 Å². The van der Waals surface area contributed by atoms with E-state index in [0.717, 1.165) is 64.7 Å². The maximum absolute atomic E-state index is 13.5. The van der Waals surface area contributed by atoms with Gasteiger partial charge in [0, 0.05) is 35.8 Å². The summed E-state index contributed by atoms with van der Waals surface area (Å²) < 4.78 is 2.96. The van der Waals surface area contributed by atoms with Gasteiger partial charge in [-0.3, -0.25) is 14.3 Å². The zero-order valence-corrected chi connectivity index (χ0v) is 18.0. The van der Waals surface area contributed by atoms with Crippen LogP contribution < -0.4 is 5.73 Å². The van der Waals surface area contributed by atoms with Crippen LogP contribution in [0.2, 0.25) is 0 Å². The minimum atomic E-state index is -0.380. The van der Waals surface area contributed by atoms with Crippen LogP contribution in [0.3, 0.4) is 0 Å². The van der Waals surface area contributed by atoms with Gasteiger partial charge in [-0.25, -0.2) is 0 Å². The SMILES string of the molecule is CCn1nc2c(c1C(=O)N1CCC(c3c(C(N)=O)sc4ccccc34)C1)CCCC2. The number of aryl methyl sites for hydroxylation is 2. The summed E-state index contributed by atoms with van der Waals surface area (Å²) in [7, 11) is 0. The molecule has 1 fully saturated rings. The van der Waals surface area contributed by atoms with Gasteiger partial charge in [0.25, 0.3) is 11.8 Å². The average molecular weight is 423 g/mol. The second-order valence-electron chi connectivity index (χ2n) is 8.24. The van der Waals surface area contributed by atoms with Crippen molar-refractivity contribution in [2.75, 3.05) is 13.1 Å². The predicted molar refractivity (Wildman–Crippen MR) is 118 cm³/mol. The number of hydrogen-bond donors (Lipinski definition) is 1. The van der Waals surface area contributed by atoms with Crippen molar-refractivity contribution < 1.29 is 9.59 Å². The quantitative estimate of drug-likeness (QED) is 0.696. The van der Waals surface area contributed by atoms with Crippen molar-refractivity contribution in [1.82, 2.24) is 14.7 Å². The van der Waals surface area contributed by atoms with Crippen LogP contribution in [0.1, 0.15) is 69.1 Å². The molecular formula is C23H26N4O2S. The van der Waals surface area contributed by atoms with Gasteiger partial charge in [0.2, 0.25) is 0 Å². The Hall–Kier alpha value is -2.67.